The molecule has 1 aromatic rings. The fraction of sp³-hybridized carbons (Fsp3) is 0.733. The molecule has 3 rings (SSSR count). The summed E-state index contributed by atoms with van der Waals surface area (Å²) in [5.74, 6) is 0.0995. The summed E-state index contributed by atoms with van der Waals surface area (Å²) >= 11 is 1.73. The SMILES string of the molecule is Cc1csc(CN2CC[C@H]3O[C@@H](C(=O)N(C)C)CC[C@H]32)n1. The number of thiazole rings is 1. The highest BCUT2D eigenvalue weighted by Crippen LogP contribution is 2.33. The minimum Gasteiger partial charge on any atom is -0.363 e. The molecule has 0 bridgehead atoms. The van der Waals surface area contributed by atoms with Crippen molar-refractivity contribution in [3.63, 3.8) is 0 Å². The number of aromatic nitrogens is 1. The van der Waals surface area contributed by atoms with Gasteiger partial charge in [0.25, 0.3) is 5.91 Å². The van der Waals surface area contributed by atoms with Crippen LogP contribution in [0.15, 0.2) is 5.38 Å². The largest absolute Gasteiger partial charge is 0.363 e. The minimum atomic E-state index is -0.247. The molecule has 2 fully saturated rings. The van der Waals surface area contributed by atoms with Crippen molar-refractivity contribution in [2.45, 2.75) is 51.0 Å². The molecule has 2 aliphatic rings. The fourth-order valence-corrected chi connectivity index (χ4v) is 4.13. The van der Waals surface area contributed by atoms with Crippen LogP contribution >= 0.6 is 11.3 Å². The number of rotatable bonds is 3. The standard InChI is InChI=1S/C15H23N3O2S/c1-10-9-21-14(16-10)8-18-7-6-12-11(18)4-5-13(20-12)15(19)17(2)3/h9,11-13H,4-8H2,1-3H3/t11-,12-,13-/m1/s1. The summed E-state index contributed by atoms with van der Waals surface area (Å²) in [6.07, 6.45) is 2.84. The first-order valence-corrected chi connectivity index (χ1v) is 8.44. The summed E-state index contributed by atoms with van der Waals surface area (Å²) in [7, 11) is 3.59. The molecule has 1 aromatic heterocycles. The Hall–Kier alpha value is -0.980. The van der Waals surface area contributed by atoms with Gasteiger partial charge >= 0.3 is 0 Å². The molecule has 116 valence electrons. The van der Waals surface area contributed by atoms with Gasteiger partial charge in [0.2, 0.25) is 0 Å². The van der Waals surface area contributed by atoms with E-state index >= 15 is 0 Å². The number of likely N-dealkylation sites (tertiary alicyclic amines) is 1. The van der Waals surface area contributed by atoms with Crippen molar-refractivity contribution in [3.05, 3.63) is 16.1 Å². The van der Waals surface area contributed by atoms with Gasteiger partial charge < -0.3 is 9.64 Å². The Balaban J connectivity index is 1.60. The van der Waals surface area contributed by atoms with Gasteiger partial charge in [-0.05, 0) is 26.2 Å². The summed E-state index contributed by atoms with van der Waals surface area (Å²) in [6, 6.07) is 0.445. The van der Waals surface area contributed by atoms with Gasteiger partial charge in [0.1, 0.15) is 11.1 Å². The number of likely N-dealkylation sites (N-methyl/N-ethyl adjacent to an activating group) is 1. The number of ether oxygens (including phenoxy) is 1. The second-order valence-corrected chi connectivity index (χ2v) is 7.12. The Bertz CT molecular complexity index is 517. The van der Waals surface area contributed by atoms with Crippen molar-refractivity contribution in [1.29, 1.82) is 0 Å². The van der Waals surface area contributed by atoms with E-state index in [9.17, 15) is 4.79 Å². The van der Waals surface area contributed by atoms with E-state index < -0.39 is 0 Å². The zero-order chi connectivity index (χ0) is 15.0. The molecular weight excluding hydrogens is 286 g/mol. The first-order chi connectivity index (χ1) is 10.0. The molecule has 3 heterocycles. The summed E-state index contributed by atoms with van der Waals surface area (Å²) in [5, 5.41) is 3.28. The first-order valence-electron chi connectivity index (χ1n) is 7.56. The van der Waals surface area contributed by atoms with Crippen molar-refractivity contribution in [2.24, 2.45) is 0 Å². The number of hydrogen-bond donors (Lipinski definition) is 0. The number of fused-ring (bicyclic) bond motifs is 1. The first kappa shape index (κ1) is 14.9. The van der Waals surface area contributed by atoms with Crippen LogP contribution in [-0.4, -0.2) is 59.6 Å². The van der Waals surface area contributed by atoms with Crippen molar-refractivity contribution >= 4 is 17.2 Å². The fourth-order valence-electron chi connectivity index (χ4n) is 3.33. The van der Waals surface area contributed by atoms with Crippen LogP contribution < -0.4 is 0 Å². The van der Waals surface area contributed by atoms with Crippen LogP contribution in [0.25, 0.3) is 0 Å². The Morgan fingerprint density at radius 2 is 2.29 bits per heavy atom. The van der Waals surface area contributed by atoms with Crippen LogP contribution in [0.5, 0.6) is 0 Å². The third-order valence-corrected chi connectivity index (χ3v) is 5.34. The lowest BCUT2D eigenvalue weighted by atomic mass is 9.98. The Labute approximate surface area is 129 Å². The van der Waals surface area contributed by atoms with Crippen LogP contribution in [0, 0.1) is 6.92 Å². The predicted molar refractivity (Wildman–Crippen MR) is 82.3 cm³/mol. The second-order valence-electron chi connectivity index (χ2n) is 6.18. The number of nitrogens with zero attached hydrogens (tertiary/aromatic N) is 3. The van der Waals surface area contributed by atoms with E-state index in [1.165, 1.54) is 5.01 Å². The van der Waals surface area contributed by atoms with Crippen LogP contribution in [0.2, 0.25) is 0 Å². The normalized spacial score (nSPS) is 29.4. The quantitative estimate of drug-likeness (QED) is 0.852. The maximum atomic E-state index is 12.0. The number of hydrogen-bond acceptors (Lipinski definition) is 5. The van der Waals surface area contributed by atoms with E-state index in [4.69, 9.17) is 4.74 Å². The highest BCUT2D eigenvalue weighted by molar-refractivity contribution is 7.09. The third-order valence-electron chi connectivity index (χ3n) is 4.38. The van der Waals surface area contributed by atoms with E-state index in [-0.39, 0.29) is 18.1 Å². The zero-order valence-corrected chi connectivity index (χ0v) is 13.7. The topological polar surface area (TPSA) is 45.7 Å². The van der Waals surface area contributed by atoms with Gasteiger partial charge in [0.05, 0.1) is 12.6 Å². The van der Waals surface area contributed by atoms with Crippen LogP contribution in [0.4, 0.5) is 0 Å². The number of aryl methyl sites for hydroxylation is 1. The molecule has 2 aliphatic heterocycles. The molecule has 3 atom stereocenters. The molecule has 2 saturated heterocycles. The van der Waals surface area contributed by atoms with Gasteiger partial charge in [-0.25, -0.2) is 4.98 Å². The van der Waals surface area contributed by atoms with E-state index in [0.29, 0.717) is 6.04 Å². The number of amides is 1. The van der Waals surface area contributed by atoms with Crippen molar-refractivity contribution in [1.82, 2.24) is 14.8 Å². The average molecular weight is 309 g/mol. The second kappa shape index (κ2) is 6.02. The van der Waals surface area contributed by atoms with Crippen LogP contribution in [0.1, 0.15) is 30.0 Å². The summed E-state index contributed by atoms with van der Waals surface area (Å²) in [4.78, 5) is 20.7. The lowest BCUT2D eigenvalue weighted by Crippen LogP contribution is -2.47. The molecule has 0 aliphatic carbocycles. The van der Waals surface area contributed by atoms with Gasteiger partial charge in [0, 0.05) is 37.8 Å². The minimum absolute atomic E-state index is 0.0995. The molecule has 5 nitrogen and oxygen atoms in total. The van der Waals surface area contributed by atoms with Crippen molar-refractivity contribution in [3.8, 4) is 0 Å². The number of carbonyl (C=O) groups is 1. The van der Waals surface area contributed by atoms with Crippen LogP contribution in [-0.2, 0) is 16.1 Å². The Morgan fingerprint density at radius 1 is 1.48 bits per heavy atom. The van der Waals surface area contributed by atoms with Gasteiger partial charge in [0.15, 0.2) is 0 Å². The summed E-state index contributed by atoms with van der Waals surface area (Å²) in [5.41, 5.74) is 1.10. The smallest absolute Gasteiger partial charge is 0.251 e. The maximum Gasteiger partial charge on any atom is 0.251 e. The highest BCUT2D eigenvalue weighted by atomic mass is 32.1. The molecule has 6 heteroatoms. The van der Waals surface area contributed by atoms with Gasteiger partial charge in [-0.2, -0.15) is 0 Å². The van der Waals surface area contributed by atoms with Crippen LogP contribution in [0.3, 0.4) is 0 Å². The van der Waals surface area contributed by atoms with E-state index in [1.54, 1.807) is 30.3 Å². The Kier molecular flexibility index (Phi) is 4.28. The predicted octanol–water partition coefficient (Wildman–Crippen LogP) is 1.66. The molecule has 1 amide bonds. The van der Waals surface area contributed by atoms with Crippen molar-refractivity contribution in [2.75, 3.05) is 20.6 Å². The molecule has 0 saturated carbocycles. The van der Waals surface area contributed by atoms with E-state index in [2.05, 4.69) is 15.3 Å². The molecule has 0 aromatic carbocycles. The van der Waals surface area contributed by atoms with E-state index in [1.807, 2.05) is 6.92 Å². The molecule has 0 N–H and O–H groups in total. The van der Waals surface area contributed by atoms with E-state index in [0.717, 1.165) is 38.0 Å². The van der Waals surface area contributed by atoms with Crippen molar-refractivity contribution < 1.29 is 9.53 Å². The van der Waals surface area contributed by atoms with Gasteiger partial charge in [-0.1, -0.05) is 0 Å². The van der Waals surface area contributed by atoms with Gasteiger partial charge in [-0.3, -0.25) is 9.69 Å². The maximum absolute atomic E-state index is 12.0. The average Bonchev–Trinajstić information content (AvgIpc) is 3.05. The highest BCUT2D eigenvalue weighted by Gasteiger charge is 2.42. The molecule has 0 spiro atoms. The monoisotopic (exact) mass is 309 g/mol. The zero-order valence-electron chi connectivity index (χ0n) is 12.9. The van der Waals surface area contributed by atoms with Gasteiger partial charge in [-0.15, -0.1) is 11.3 Å². The lowest BCUT2D eigenvalue weighted by Gasteiger charge is -2.36. The Morgan fingerprint density at radius 3 is 2.95 bits per heavy atom. The lowest BCUT2D eigenvalue weighted by molar-refractivity contribution is -0.152. The molecular formula is C15H23N3O2S. The number of carbonyl (C=O) groups excluding carboxylic acids is 1. The molecule has 0 radical (unpaired) electrons. The third kappa shape index (κ3) is 3.12. The molecule has 0 unspecified atom stereocenters. The molecule has 21 heavy (non-hydrogen) atoms. The summed E-state index contributed by atoms with van der Waals surface area (Å²) in [6.45, 7) is 3.99. The summed E-state index contributed by atoms with van der Waals surface area (Å²) < 4.78 is 6.06.